The van der Waals surface area contributed by atoms with E-state index in [0.29, 0.717) is 11.6 Å². The third-order valence-electron chi connectivity index (χ3n) is 3.09. The molecule has 0 fully saturated rings. The molecule has 2 aromatic heterocycles. The Balaban J connectivity index is 2.02. The summed E-state index contributed by atoms with van der Waals surface area (Å²) in [6.07, 6.45) is 1.78. The summed E-state index contributed by atoms with van der Waals surface area (Å²) in [7, 11) is 0. The van der Waals surface area contributed by atoms with Gasteiger partial charge in [-0.1, -0.05) is 26.8 Å². The van der Waals surface area contributed by atoms with Crippen LogP contribution < -0.4 is 5.32 Å². The molecule has 2 aromatic rings. The van der Waals surface area contributed by atoms with Crippen molar-refractivity contribution in [1.29, 1.82) is 0 Å². The number of rotatable bonds is 6. The lowest BCUT2D eigenvalue weighted by Gasteiger charge is -2.14. The van der Waals surface area contributed by atoms with Gasteiger partial charge in [-0.05, 0) is 36.3 Å². The maximum absolute atomic E-state index is 12.2. The second-order valence-corrected chi connectivity index (χ2v) is 6.31. The lowest BCUT2D eigenvalue weighted by molar-refractivity contribution is 0.0931. The molecule has 0 aliphatic rings. The van der Waals surface area contributed by atoms with Gasteiger partial charge in [-0.25, -0.2) is 0 Å². The van der Waals surface area contributed by atoms with E-state index in [2.05, 4.69) is 36.3 Å². The van der Waals surface area contributed by atoms with Crippen LogP contribution in [0.5, 0.6) is 0 Å². The minimum Gasteiger partial charge on any atom is -0.343 e. The Kier molecular flexibility index (Phi) is 4.95. The van der Waals surface area contributed by atoms with E-state index in [-0.39, 0.29) is 11.9 Å². The van der Waals surface area contributed by atoms with E-state index in [4.69, 9.17) is 0 Å². The second-order valence-electron chi connectivity index (χ2n) is 5.33. The zero-order valence-corrected chi connectivity index (χ0v) is 13.0. The summed E-state index contributed by atoms with van der Waals surface area (Å²) in [6, 6.07) is 5.96. The van der Waals surface area contributed by atoms with Crippen molar-refractivity contribution in [3.8, 4) is 0 Å². The highest BCUT2D eigenvalue weighted by atomic mass is 32.1. The first-order chi connectivity index (χ1) is 9.60. The molecule has 2 rings (SSSR count). The number of nitrogens with zero attached hydrogens (tertiary/aromatic N) is 1. The first-order valence-electron chi connectivity index (χ1n) is 6.98. The van der Waals surface area contributed by atoms with Gasteiger partial charge < -0.3 is 5.32 Å². The Morgan fingerprint density at radius 3 is 2.90 bits per heavy atom. The van der Waals surface area contributed by atoms with E-state index in [1.807, 2.05) is 23.6 Å². The molecular formula is C15H21N3OS. The van der Waals surface area contributed by atoms with E-state index in [1.165, 1.54) is 4.88 Å². The molecule has 20 heavy (non-hydrogen) atoms. The van der Waals surface area contributed by atoms with Gasteiger partial charge in [-0.15, -0.1) is 11.3 Å². The molecule has 2 N–H and O–H groups in total. The Morgan fingerprint density at radius 2 is 2.30 bits per heavy atom. The number of aromatic nitrogens is 2. The molecule has 1 atom stereocenters. The highest BCUT2D eigenvalue weighted by Crippen LogP contribution is 2.22. The lowest BCUT2D eigenvalue weighted by Crippen LogP contribution is -2.27. The third kappa shape index (κ3) is 3.70. The number of H-pyrrole nitrogens is 1. The topological polar surface area (TPSA) is 57.8 Å². The quantitative estimate of drug-likeness (QED) is 0.855. The fourth-order valence-corrected chi connectivity index (χ4v) is 2.98. The molecule has 0 aromatic carbocycles. The minimum atomic E-state index is -0.114. The SMILES string of the molecule is CCC(NC(=O)c1cc(CC(C)C)[nH]n1)c1cccs1. The normalized spacial score (nSPS) is 12.6. The number of hydrogen-bond donors (Lipinski definition) is 2. The van der Waals surface area contributed by atoms with Crippen molar-refractivity contribution in [2.45, 2.75) is 39.7 Å². The molecule has 2 heterocycles. The average molecular weight is 291 g/mol. The maximum Gasteiger partial charge on any atom is 0.272 e. The standard InChI is InChI=1S/C15H21N3OS/c1-4-12(14-6-5-7-20-14)16-15(19)13-9-11(17-18-13)8-10(2)3/h5-7,9-10,12H,4,8H2,1-3H3,(H,16,19)(H,17,18). The van der Waals surface area contributed by atoms with Gasteiger partial charge in [0.1, 0.15) is 5.69 Å². The van der Waals surface area contributed by atoms with Crippen molar-refractivity contribution >= 4 is 17.2 Å². The molecule has 0 saturated carbocycles. The fourth-order valence-electron chi connectivity index (χ4n) is 2.12. The molecule has 0 spiro atoms. The van der Waals surface area contributed by atoms with Crippen LogP contribution in [0.3, 0.4) is 0 Å². The number of nitrogens with one attached hydrogen (secondary N) is 2. The first-order valence-corrected chi connectivity index (χ1v) is 7.86. The van der Waals surface area contributed by atoms with Crippen LogP contribution in [0.15, 0.2) is 23.6 Å². The van der Waals surface area contributed by atoms with Crippen LogP contribution in [0, 0.1) is 5.92 Å². The second kappa shape index (κ2) is 6.70. The largest absolute Gasteiger partial charge is 0.343 e. The third-order valence-corrected chi connectivity index (χ3v) is 4.08. The number of amides is 1. The summed E-state index contributed by atoms with van der Waals surface area (Å²) in [5.74, 6) is 0.428. The van der Waals surface area contributed by atoms with Crippen molar-refractivity contribution < 1.29 is 4.79 Å². The smallest absolute Gasteiger partial charge is 0.272 e. The van der Waals surface area contributed by atoms with Crippen molar-refractivity contribution in [3.05, 3.63) is 39.8 Å². The summed E-state index contributed by atoms with van der Waals surface area (Å²) < 4.78 is 0. The summed E-state index contributed by atoms with van der Waals surface area (Å²) >= 11 is 1.66. The molecule has 0 aliphatic carbocycles. The Morgan fingerprint density at radius 1 is 1.50 bits per heavy atom. The molecule has 0 saturated heterocycles. The van der Waals surface area contributed by atoms with Gasteiger partial charge in [0.15, 0.2) is 0 Å². The Bertz CT molecular complexity index is 545. The van der Waals surface area contributed by atoms with E-state index in [0.717, 1.165) is 18.5 Å². The molecule has 0 radical (unpaired) electrons. The van der Waals surface area contributed by atoms with Crippen LogP contribution in [-0.2, 0) is 6.42 Å². The molecular weight excluding hydrogens is 270 g/mol. The van der Waals surface area contributed by atoms with Crippen LogP contribution in [-0.4, -0.2) is 16.1 Å². The molecule has 5 heteroatoms. The summed E-state index contributed by atoms with van der Waals surface area (Å²) in [6.45, 7) is 6.36. The van der Waals surface area contributed by atoms with Crippen LogP contribution >= 0.6 is 11.3 Å². The van der Waals surface area contributed by atoms with E-state index in [1.54, 1.807) is 11.3 Å². The molecule has 0 bridgehead atoms. The van der Waals surface area contributed by atoms with E-state index >= 15 is 0 Å². The molecule has 1 unspecified atom stereocenters. The number of hydrogen-bond acceptors (Lipinski definition) is 3. The number of carbonyl (C=O) groups excluding carboxylic acids is 1. The predicted molar refractivity (Wildman–Crippen MR) is 81.9 cm³/mol. The molecule has 108 valence electrons. The summed E-state index contributed by atoms with van der Waals surface area (Å²) in [4.78, 5) is 13.4. The number of aromatic amines is 1. The zero-order chi connectivity index (χ0) is 14.5. The summed E-state index contributed by atoms with van der Waals surface area (Å²) in [5.41, 5.74) is 1.48. The van der Waals surface area contributed by atoms with Gasteiger partial charge >= 0.3 is 0 Å². The average Bonchev–Trinajstić information content (AvgIpc) is 3.05. The molecule has 4 nitrogen and oxygen atoms in total. The van der Waals surface area contributed by atoms with Gasteiger partial charge in [0, 0.05) is 10.6 Å². The van der Waals surface area contributed by atoms with Crippen LogP contribution in [0.2, 0.25) is 0 Å². The number of carbonyl (C=O) groups is 1. The molecule has 0 aliphatic heterocycles. The van der Waals surface area contributed by atoms with Gasteiger partial charge in [-0.3, -0.25) is 9.89 Å². The van der Waals surface area contributed by atoms with Crippen molar-refractivity contribution in [1.82, 2.24) is 15.5 Å². The molecule has 1 amide bonds. The highest BCUT2D eigenvalue weighted by molar-refractivity contribution is 7.10. The Hall–Kier alpha value is -1.62. The fraction of sp³-hybridized carbons (Fsp3) is 0.467. The van der Waals surface area contributed by atoms with Crippen molar-refractivity contribution in [3.63, 3.8) is 0 Å². The van der Waals surface area contributed by atoms with Crippen LogP contribution in [0.25, 0.3) is 0 Å². The summed E-state index contributed by atoms with van der Waals surface area (Å²) in [5, 5.41) is 12.1. The minimum absolute atomic E-state index is 0.0627. The van der Waals surface area contributed by atoms with Crippen molar-refractivity contribution in [2.75, 3.05) is 0 Å². The van der Waals surface area contributed by atoms with E-state index < -0.39 is 0 Å². The maximum atomic E-state index is 12.2. The van der Waals surface area contributed by atoms with Crippen LogP contribution in [0.4, 0.5) is 0 Å². The highest BCUT2D eigenvalue weighted by Gasteiger charge is 2.17. The van der Waals surface area contributed by atoms with Crippen LogP contribution in [0.1, 0.15) is 54.3 Å². The predicted octanol–water partition coefficient (Wildman–Crippen LogP) is 3.55. The van der Waals surface area contributed by atoms with Gasteiger partial charge in [0.2, 0.25) is 0 Å². The van der Waals surface area contributed by atoms with Crippen molar-refractivity contribution in [2.24, 2.45) is 5.92 Å². The number of thiophene rings is 1. The van der Waals surface area contributed by atoms with Gasteiger partial charge in [-0.2, -0.15) is 5.10 Å². The van der Waals surface area contributed by atoms with Gasteiger partial charge in [0.25, 0.3) is 5.91 Å². The zero-order valence-electron chi connectivity index (χ0n) is 12.1. The lowest BCUT2D eigenvalue weighted by atomic mass is 10.1. The first kappa shape index (κ1) is 14.8. The monoisotopic (exact) mass is 291 g/mol. The Labute approximate surface area is 123 Å². The van der Waals surface area contributed by atoms with Gasteiger partial charge in [0.05, 0.1) is 6.04 Å². The van der Waals surface area contributed by atoms with E-state index in [9.17, 15) is 4.79 Å².